The van der Waals surface area contributed by atoms with Crippen LogP contribution < -0.4 is 11.1 Å². The van der Waals surface area contributed by atoms with Crippen molar-refractivity contribution in [3.63, 3.8) is 0 Å². The topological polar surface area (TPSA) is 55.1 Å². The molecule has 0 aliphatic heterocycles. The summed E-state index contributed by atoms with van der Waals surface area (Å²) < 4.78 is 0. The number of halogens is 1. The number of rotatable bonds is 7. The average molecular weight is 317 g/mol. The van der Waals surface area contributed by atoms with Crippen molar-refractivity contribution in [2.45, 2.75) is 43.4 Å². The first-order chi connectivity index (χ1) is 8.99. The smallest absolute Gasteiger partial charge is 0.236 e. The van der Waals surface area contributed by atoms with Gasteiger partial charge in [0.1, 0.15) is 0 Å². The van der Waals surface area contributed by atoms with Crippen molar-refractivity contribution in [2.24, 2.45) is 11.7 Å². The maximum atomic E-state index is 11.8. The first-order valence-electron chi connectivity index (χ1n) is 6.74. The number of nitrogens with two attached hydrogens (primary N) is 1. The largest absolute Gasteiger partial charge is 0.354 e. The summed E-state index contributed by atoms with van der Waals surface area (Å²) in [6.07, 6.45) is 0.728. The fourth-order valence-electron chi connectivity index (χ4n) is 1.76. The summed E-state index contributed by atoms with van der Waals surface area (Å²) >= 11 is 1.76. The minimum absolute atomic E-state index is 0. The number of amides is 1. The van der Waals surface area contributed by atoms with E-state index in [0.29, 0.717) is 17.7 Å². The van der Waals surface area contributed by atoms with Crippen LogP contribution in [0.5, 0.6) is 0 Å². The van der Waals surface area contributed by atoms with E-state index in [2.05, 4.69) is 38.2 Å². The Bertz CT molecular complexity index is 387. The lowest BCUT2D eigenvalue weighted by Crippen LogP contribution is -2.43. The Morgan fingerprint density at radius 1 is 1.25 bits per heavy atom. The van der Waals surface area contributed by atoms with Crippen molar-refractivity contribution in [3.05, 3.63) is 30.3 Å². The van der Waals surface area contributed by atoms with Gasteiger partial charge in [0.2, 0.25) is 5.91 Å². The Kier molecular flexibility index (Phi) is 9.72. The van der Waals surface area contributed by atoms with E-state index in [1.54, 1.807) is 11.8 Å². The summed E-state index contributed by atoms with van der Waals surface area (Å²) in [4.78, 5) is 13.0. The molecule has 0 heterocycles. The fourth-order valence-corrected chi connectivity index (χ4v) is 2.71. The monoisotopic (exact) mass is 316 g/mol. The van der Waals surface area contributed by atoms with Crippen LogP contribution in [0.3, 0.4) is 0 Å². The van der Waals surface area contributed by atoms with Crippen LogP contribution in [0, 0.1) is 5.92 Å². The molecule has 3 nitrogen and oxygen atoms in total. The highest BCUT2D eigenvalue weighted by Gasteiger charge is 2.15. The molecule has 0 bridgehead atoms. The van der Waals surface area contributed by atoms with Gasteiger partial charge in [-0.25, -0.2) is 0 Å². The van der Waals surface area contributed by atoms with Crippen molar-refractivity contribution >= 4 is 30.1 Å². The fraction of sp³-hybridized carbons (Fsp3) is 0.533. The lowest BCUT2D eigenvalue weighted by molar-refractivity contribution is -0.122. The maximum absolute atomic E-state index is 11.8. The second-order valence-electron chi connectivity index (χ2n) is 5.22. The number of carbonyl (C=O) groups excluding carboxylic acids is 1. The summed E-state index contributed by atoms with van der Waals surface area (Å²) in [5.74, 6) is 0.395. The van der Waals surface area contributed by atoms with Gasteiger partial charge in [0.05, 0.1) is 6.04 Å². The SMILES string of the molecule is CC(C)C[C@H](N)C(=O)NCC(C)Sc1ccccc1.Cl. The Morgan fingerprint density at radius 3 is 2.40 bits per heavy atom. The Hall–Kier alpha value is -0.710. The molecule has 1 unspecified atom stereocenters. The minimum Gasteiger partial charge on any atom is -0.354 e. The molecule has 0 saturated carbocycles. The third-order valence-electron chi connectivity index (χ3n) is 2.71. The van der Waals surface area contributed by atoms with E-state index in [1.807, 2.05) is 18.2 Å². The van der Waals surface area contributed by atoms with E-state index >= 15 is 0 Å². The number of carbonyl (C=O) groups is 1. The second kappa shape index (κ2) is 10.1. The predicted octanol–water partition coefficient (Wildman–Crippen LogP) is 3.08. The van der Waals surface area contributed by atoms with Crippen molar-refractivity contribution in [2.75, 3.05) is 6.54 Å². The van der Waals surface area contributed by atoms with Gasteiger partial charge in [-0.05, 0) is 24.5 Å². The number of benzene rings is 1. The van der Waals surface area contributed by atoms with Crippen LogP contribution in [0.25, 0.3) is 0 Å². The van der Waals surface area contributed by atoms with Crippen molar-refractivity contribution in [1.29, 1.82) is 0 Å². The van der Waals surface area contributed by atoms with Gasteiger partial charge in [-0.1, -0.05) is 39.0 Å². The van der Waals surface area contributed by atoms with E-state index in [1.165, 1.54) is 4.90 Å². The van der Waals surface area contributed by atoms with Crippen LogP contribution >= 0.6 is 24.2 Å². The molecule has 20 heavy (non-hydrogen) atoms. The van der Waals surface area contributed by atoms with Crippen LogP contribution in [0.15, 0.2) is 35.2 Å². The van der Waals surface area contributed by atoms with Gasteiger partial charge in [0, 0.05) is 16.7 Å². The lowest BCUT2D eigenvalue weighted by atomic mass is 10.0. The highest BCUT2D eigenvalue weighted by molar-refractivity contribution is 8.00. The normalized spacial score (nSPS) is 13.4. The molecule has 0 aliphatic rings. The van der Waals surface area contributed by atoms with Gasteiger partial charge in [-0.2, -0.15) is 0 Å². The lowest BCUT2D eigenvalue weighted by Gasteiger charge is -2.16. The molecule has 0 aliphatic carbocycles. The standard InChI is InChI=1S/C15H24N2OS.ClH/c1-11(2)9-14(16)15(18)17-10-12(3)19-13-7-5-4-6-8-13;/h4-8,11-12,14H,9-10,16H2,1-3H3,(H,17,18);1H/t12?,14-;/m0./s1. The number of nitrogens with one attached hydrogen (secondary N) is 1. The van der Waals surface area contributed by atoms with E-state index in [4.69, 9.17) is 5.73 Å². The predicted molar refractivity (Wildman–Crippen MR) is 89.4 cm³/mol. The van der Waals surface area contributed by atoms with Crippen LogP contribution in [0.1, 0.15) is 27.2 Å². The number of thioether (sulfide) groups is 1. The van der Waals surface area contributed by atoms with E-state index in [9.17, 15) is 4.79 Å². The molecule has 1 amide bonds. The summed E-state index contributed by atoms with van der Waals surface area (Å²) in [5.41, 5.74) is 5.84. The van der Waals surface area contributed by atoms with Crippen LogP contribution in [0.2, 0.25) is 0 Å². The van der Waals surface area contributed by atoms with Crippen molar-refractivity contribution < 1.29 is 4.79 Å². The van der Waals surface area contributed by atoms with Gasteiger partial charge in [-0.3, -0.25) is 4.79 Å². The molecule has 1 aromatic rings. The molecule has 3 N–H and O–H groups in total. The Labute approximate surface area is 132 Å². The van der Waals surface area contributed by atoms with E-state index < -0.39 is 6.04 Å². The molecular formula is C15H25ClN2OS. The van der Waals surface area contributed by atoms with Crippen LogP contribution in [0.4, 0.5) is 0 Å². The summed E-state index contributed by atoms with van der Waals surface area (Å²) in [5, 5.41) is 3.25. The first-order valence-corrected chi connectivity index (χ1v) is 7.62. The zero-order valence-electron chi connectivity index (χ0n) is 12.3. The minimum atomic E-state index is -0.395. The van der Waals surface area contributed by atoms with Gasteiger partial charge in [0.15, 0.2) is 0 Å². The molecule has 0 saturated heterocycles. The Balaban J connectivity index is 0.00000361. The molecule has 5 heteroatoms. The summed E-state index contributed by atoms with van der Waals surface area (Å²) in [7, 11) is 0. The molecule has 1 rings (SSSR count). The van der Waals surface area contributed by atoms with Crippen LogP contribution in [-0.4, -0.2) is 23.7 Å². The molecule has 0 aromatic heterocycles. The molecule has 0 spiro atoms. The molecular weight excluding hydrogens is 292 g/mol. The maximum Gasteiger partial charge on any atom is 0.236 e. The summed E-state index contributed by atoms with van der Waals surface area (Å²) in [6.45, 7) is 6.89. The molecule has 1 aromatic carbocycles. The van der Waals surface area contributed by atoms with Gasteiger partial charge in [0.25, 0.3) is 0 Å². The van der Waals surface area contributed by atoms with Crippen molar-refractivity contribution in [1.82, 2.24) is 5.32 Å². The van der Waals surface area contributed by atoms with E-state index in [0.717, 1.165) is 6.42 Å². The zero-order chi connectivity index (χ0) is 14.3. The molecule has 0 fully saturated rings. The highest BCUT2D eigenvalue weighted by atomic mass is 35.5. The molecule has 0 radical (unpaired) electrons. The summed E-state index contributed by atoms with van der Waals surface area (Å²) in [6, 6.07) is 9.80. The zero-order valence-corrected chi connectivity index (χ0v) is 14.0. The van der Waals surface area contributed by atoms with Gasteiger partial charge in [-0.15, -0.1) is 24.2 Å². The van der Waals surface area contributed by atoms with Gasteiger partial charge >= 0.3 is 0 Å². The Morgan fingerprint density at radius 2 is 1.85 bits per heavy atom. The molecule has 114 valence electrons. The first kappa shape index (κ1) is 19.3. The third kappa shape index (κ3) is 7.78. The highest BCUT2D eigenvalue weighted by Crippen LogP contribution is 2.21. The molecule has 2 atom stereocenters. The van der Waals surface area contributed by atoms with Crippen LogP contribution in [-0.2, 0) is 4.79 Å². The quantitative estimate of drug-likeness (QED) is 0.760. The second-order valence-corrected chi connectivity index (χ2v) is 6.73. The average Bonchev–Trinajstić information content (AvgIpc) is 2.36. The number of hydrogen-bond acceptors (Lipinski definition) is 3. The third-order valence-corrected chi connectivity index (χ3v) is 3.82. The number of hydrogen-bond donors (Lipinski definition) is 2. The van der Waals surface area contributed by atoms with E-state index in [-0.39, 0.29) is 18.3 Å². The van der Waals surface area contributed by atoms with Crippen molar-refractivity contribution in [3.8, 4) is 0 Å². The van der Waals surface area contributed by atoms with Gasteiger partial charge < -0.3 is 11.1 Å².